The van der Waals surface area contributed by atoms with Crippen LogP contribution in [0.3, 0.4) is 0 Å². The minimum Gasteiger partial charge on any atom is -0.456 e. The van der Waals surface area contributed by atoms with Gasteiger partial charge in [-0.1, -0.05) is 167 Å². The Morgan fingerprint density at radius 1 is 0.375 bits per heavy atom. The van der Waals surface area contributed by atoms with Gasteiger partial charge in [0.2, 0.25) is 0 Å². The molecule has 1 heterocycles. The smallest absolute Gasteiger partial charge is 0.136 e. The average Bonchev–Trinajstić information content (AvgIpc) is 3.82. The Morgan fingerprint density at radius 2 is 0.875 bits per heavy atom. The van der Waals surface area contributed by atoms with Crippen LogP contribution in [0.4, 0.5) is 17.1 Å². The third-order valence-electron chi connectivity index (χ3n) is 12.7. The topological polar surface area (TPSA) is 16.4 Å². The van der Waals surface area contributed by atoms with Gasteiger partial charge >= 0.3 is 0 Å². The van der Waals surface area contributed by atoms with Crippen molar-refractivity contribution in [2.45, 2.75) is 38.5 Å². The summed E-state index contributed by atoms with van der Waals surface area (Å²) in [6.07, 6.45) is 0. The van der Waals surface area contributed by atoms with Crippen LogP contribution in [0, 0.1) is 0 Å². The Bertz CT molecular complexity index is 3030. The van der Waals surface area contributed by atoms with E-state index in [2.05, 4.69) is 202 Å². The van der Waals surface area contributed by atoms with Crippen molar-refractivity contribution in [1.29, 1.82) is 0 Å². The molecule has 0 saturated heterocycles. The quantitative estimate of drug-likeness (QED) is 0.176. The van der Waals surface area contributed by atoms with Crippen LogP contribution in [0.1, 0.15) is 49.9 Å². The lowest BCUT2D eigenvalue weighted by Crippen LogP contribution is -2.16. The number of furan rings is 1. The van der Waals surface area contributed by atoms with E-state index in [9.17, 15) is 0 Å². The summed E-state index contributed by atoms with van der Waals surface area (Å²) in [7, 11) is 0. The zero-order valence-corrected chi connectivity index (χ0v) is 32.1. The highest BCUT2D eigenvalue weighted by atomic mass is 16.3. The van der Waals surface area contributed by atoms with Crippen LogP contribution in [-0.4, -0.2) is 0 Å². The molecule has 0 bridgehead atoms. The predicted molar refractivity (Wildman–Crippen MR) is 234 cm³/mol. The molecule has 268 valence electrons. The number of fused-ring (bicyclic) bond motifs is 9. The molecule has 0 radical (unpaired) electrons. The predicted octanol–water partition coefficient (Wildman–Crippen LogP) is 15.0. The third-order valence-corrected chi connectivity index (χ3v) is 12.7. The SMILES string of the molecule is CC1(C)c2ccccc2-c2c(-c3ccc(N(c4ccccc4-c4cccc5oc6ccccc6c45)c4cccc5c4-c4ccccc4C5(C)C)cc3)cccc21. The van der Waals surface area contributed by atoms with Crippen molar-refractivity contribution in [2.75, 3.05) is 4.90 Å². The first-order valence-electron chi connectivity index (χ1n) is 19.7. The summed E-state index contributed by atoms with van der Waals surface area (Å²) in [5.74, 6) is 0. The van der Waals surface area contributed by atoms with E-state index in [0.717, 1.165) is 44.4 Å². The van der Waals surface area contributed by atoms with Gasteiger partial charge in [0.15, 0.2) is 0 Å². The molecule has 8 aromatic carbocycles. The maximum atomic E-state index is 6.41. The molecule has 0 fully saturated rings. The van der Waals surface area contributed by atoms with Crippen molar-refractivity contribution in [3.05, 3.63) is 198 Å². The molecule has 2 aliphatic carbocycles. The first-order valence-corrected chi connectivity index (χ1v) is 19.7. The second kappa shape index (κ2) is 11.9. The van der Waals surface area contributed by atoms with Crippen LogP contribution in [0.2, 0.25) is 0 Å². The first kappa shape index (κ1) is 32.8. The number of rotatable bonds is 5. The Kier molecular flexibility index (Phi) is 6.98. The molecule has 0 unspecified atom stereocenters. The van der Waals surface area contributed by atoms with Crippen molar-refractivity contribution in [2.24, 2.45) is 0 Å². The molecular formula is C54H41NO. The van der Waals surface area contributed by atoms with Gasteiger partial charge in [0.05, 0.1) is 11.4 Å². The van der Waals surface area contributed by atoms with Gasteiger partial charge in [0.1, 0.15) is 11.2 Å². The van der Waals surface area contributed by atoms with Gasteiger partial charge in [-0.15, -0.1) is 0 Å². The van der Waals surface area contributed by atoms with Gasteiger partial charge in [-0.25, -0.2) is 0 Å². The summed E-state index contributed by atoms with van der Waals surface area (Å²) < 4.78 is 6.41. The van der Waals surface area contributed by atoms with E-state index < -0.39 is 0 Å². The number of nitrogens with zero attached hydrogens (tertiary/aromatic N) is 1. The zero-order chi connectivity index (χ0) is 37.8. The molecule has 0 spiro atoms. The van der Waals surface area contributed by atoms with Gasteiger partial charge < -0.3 is 9.32 Å². The van der Waals surface area contributed by atoms with E-state index in [0.29, 0.717) is 0 Å². The molecule has 9 aromatic rings. The molecule has 2 nitrogen and oxygen atoms in total. The second-order valence-corrected chi connectivity index (χ2v) is 16.4. The van der Waals surface area contributed by atoms with Crippen molar-refractivity contribution >= 4 is 39.0 Å². The van der Waals surface area contributed by atoms with E-state index in [1.54, 1.807) is 0 Å². The largest absolute Gasteiger partial charge is 0.456 e. The summed E-state index contributed by atoms with van der Waals surface area (Å²) >= 11 is 0. The molecule has 0 N–H and O–H groups in total. The van der Waals surface area contributed by atoms with Gasteiger partial charge in [0.25, 0.3) is 0 Å². The van der Waals surface area contributed by atoms with Crippen molar-refractivity contribution < 1.29 is 4.42 Å². The minimum atomic E-state index is -0.129. The molecule has 0 amide bonds. The zero-order valence-electron chi connectivity index (χ0n) is 32.1. The molecule has 56 heavy (non-hydrogen) atoms. The fraction of sp³-hybridized carbons (Fsp3) is 0.111. The molecular weight excluding hydrogens is 679 g/mol. The van der Waals surface area contributed by atoms with Crippen molar-refractivity contribution in [3.63, 3.8) is 0 Å². The molecule has 0 aliphatic heterocycles. The Labute approximate surface area is 328 Å². The highest BCUT2D eigenvalue weighted by Gasteiger charge is 2.39. The molecule has 0 atom stereocenters. The molecule has 0 saturated carbocycles. The molecule has 11 rings (SSSR count). The Morgan fingerprint density at radius 3 is 1.62 bits per heavy atom. The van der Waals surface area contributed by atoms with Crippen LogP contribution < -0.4 is 4.90 Å². The van der Waals surface area contributed by atoms with Crippen LogP contribution >= 0.6 is 0 Å². The van der Waals surface area contributed by atoms with Gasteiger partial charge in [0, 0.05) is 38.4 Å². The lowest BCUT2D eigenvalue weighted by Gasteiger charge is -2.31. The Balaban J connectivity index is 1.15. The number of hydrogen-bond acceptors (Lipinski definition) is 2. The fourth-order valence-electron chi connectivity index (χ4n) is 10.0. The Hall–Kier alpha value is -6.64. The summed E-state index contributed by atoms with van der Waals surface area (Å²) in [6, 6.07) is 64.5. The highest BCUT2D eigenvalue weighted by Crippen LogP contribution is 2.56. The monoisotopic (exact) mass is 719 g/mol. The van der Waals surface area contributed by atoms with E-state index in [4.69, 9.17) is 4.42 Å². The molecule has 2 aliphatic rings. The summed E-state index contributed by atoms with van der Waals surface area (Å²) in [5, 5.41) is 2.26. The van der Waals surface area contributed by atoms with Crippen LogP contribution in [0.25, 0.3) is 66.4 Å². The number of hydrogen-bond donors (Lipinski definition) is 0. The third kappa shape index (κ3) is 4.56. The van der Waals surface area contributed by atoms with Crippen LogP contribution in [0.5, 0.6) is 0 Å². The second-order valence-electron chi connectivity index (χ2n) is 16.4. The first-order chi connectivity index (χ1) is 27.3. The number of anilines is 3. The maximum absolute atomic E-state index is 6.41. The standard InChI is InChI=1S/C54H41NO/c1-53(2)42-22-9-5-17-39(42)50-36(20-13-24-44(50)53)34-30-32-35(33-31-34)55(47-27-15-25-45-52(47)40-18-6-10-23-43(40)54(45,3)4)46-26-11-7-16-37(46)38-21-14-29-49-51(38)41-19-8-12-28-48(41)56-49/h5-33H,1-4H3. The van der Waals surface area contributed by atoms with Gasteiger partial charge in [-0.05, 0) is 92.0 Å². The van der Waals surface area contributed by atoms with Crippen LogP contribution in [-0.2, 0) is 10.8 Å². The van der Waals surface area contributed by atoms with E-state index >= 15 is 0 Å². The van der Waals surface area contributed by atoms with Crippen LogP contribution in [0.15, 0.2) is 180 Å². The normalized spacial score (nSPS) is 14.4. The lowest BCUT2D eigenvalue weighted by molar-refractivity contribution is 0.660. The molecule has 2 heteroatoms. The lowest BCUT2D eigenvalue weighted by atomic mass is 9.82. The minimum absolute atomic E-state index is 0.0523. The average molecular weight is 720 g/mol. The molecule has 1 aromatic heterocycles. The number of para-hydroxylation sites is 2. The van der Waals surface area contributed by atoms with Gasteiger partial charge in [-0.3, -0.25) is 0 Å². The maximum Gasteiger partial charge on any atom is 0.136 e. The van der Waals surface area contributed by atoms with Crippen molar-refractivity contribution in [3.8, 4) is 44.5 Å². The summed E-state index contributed by atoms with van der Waals surface area (Å²) in [5.41, 5.74) is 20.6. The summed E-state index contributed by atoms with van der Waals surface area (Å²) in [6.45, 7) is 9.42. The van der Waals surface area contributed by atoms with E-state index in [1.165, 1.54) is 61.3 Å². The van der Waals surface area contributed by atoms with Crippen molar-refractivity contribution in [1.82, 2.24) is 0 Å². The fourth-order valence-corrected chi connectivity index (χ4v) is 10.0. The number of benzene rings is 8. The van der Waals surface area contributed by atoms with E-state index in [-0.39, 0.29) is 10.8 Å². The van der Waals surface area contributed by atoms with Gasteiger partial charge in [-0.2, -0.15) is 0 Å². The van der Waals surface area contributed by atoms with E-state index in [1.807, 2.05) is 6.07 Å². The summed E-state index contributed by atoms with van der Waals surface area (Å²) in [4.78, 5) is 2.49. The highest BCUT2D eigenvalue weighted by molar-refractivity contribution is 6.14.